The fraction of sp³-hybridized carbons (Fsp3) is 0.600. The summed E-state index contributed by atoms with van der Waals surface area (Å²) in [5, 5.41) is 14.6. The Morgan fingerprint density at radius 1 is 1.28 bits per heavy atom. The predicted octanol–water partition coefficient (Wildman–Crippen LogP) is -0.178. The zero-order valence-electron chi connectivity index (χ0n) is 13.8. The molecule has 2 aliphatic rings. The summed E-state index contributed by atoms with van der Waals surface area (Å²) in [5.41, 5.74) is 5.86. The molecule has 5 N–H and O–H groups in total. The van der Waals surface area contributed by atoms with Crippen molar-refractivity contribution in [3.63, 3.8) is 0 Å². The molecule has 0 aromatic carbocycles. The number of carboxylic acid groups (broad SMARTS) is 1. The van der Waals surface area contributed by atoms with E-state index < -0.39 is 22.2 Å². The zero-order valence-corrected chi connectivity index (χ0v) is 14.6. The third kappa shape index (κ3) is 3.05. The summed E-state index contributed by atoms with van der Waals surface area (Å²) in [7, 11) is -4.19. The third-order valence-corrected chi connectivity index (χ3v) is 6.03. The van der Waals surface area contributed by atoms with Crippen LogP contribution in [0, 0.1) is 0 Å². The van der Waals surface area contributed by atoms with Crippen molar-refractivity contribution < 1.29 is 23.1 Å². The van der Waals surface area contributed by atoms with E-state index >= 15 is 0 Å². The molecule has 2 bridgehead atoms. The van der Waals surface area contributed by atoms with Crippen molar-refractivity contribution in [1.29, 1.82) is 0 Å². The van der Waals surface area contributed by atoms with Crippen LogP contribution in [0.2, 0.25) is 0 Å². The summed E-state index contributed by atoms with van der Waals surface area (Å²) in [6.45, 7) is 1.66. The molecular formula is C15H22N4O5S. The van der Waals surface area contributed by atoms with Crippen LogP contribution in [0.15, 0.2) is 12.3 Å². The van der Waals surface area contributed by atoms with Crippen LogP contribution in [0.4, 0.5) is 0 Å². The lowest BCUT2D eigenvalue weighted by Crippen LogP contribution is -2.51. The van der Waals surface area contributed by atoms with Gasteiger partial charge < -0.3 is 15.7 Å². The molecule has 3 heterocycles. The molecule has 3 atom stereocenters. The van der Waals surface area contributed by atoms with E-state index in [9.17, 15) is 23.1 Å². The first kappa shape index (κ1) is 17.9. The number of aromatic nitrogens is 1. The molecular weight excluding hydrogens is 348 g/mol. The molecule has 2 saturated heterocycles. The number of fused-ring (bicyclic) bond motifs is 2. The predicted molar refractivity (Wildman–Crippen MR) is 89.2 cm³/mol. The van der Waals surface area contributed by atoms with Gasteiger partial charge in [0.15, 0.2) is 0 Å². The fourth-order valence-corrected chi connectivity index (χ4v) is 4.88. The van der Waals surface area contributed by atoms with Gasteiger partial charge in [-0.05, 0) is 50.2 Å². The molecule has 0 saturated carbocycles. The van der Waals surface area contributed by atoms with Crippen molar-refractivity contribution in [2.45, 2.75) is 56.7 Å². The van der Waals surface area contributed by atoms with Crippen LogP contribution < -0.4 is 10.9 Å². The zero-order chi connectivity index (χ0) is 18.5. The number of aromatic carboxylic acids is 1. The Hall–Kier alpha value is -1.91. The number of piperidine rings is 1. The molecule has 3 rings (SSSR count). The highest BCUT2D eigenvalue weighted by Crippen LogP contribution is 2.44. The van der Waals surface area contributed by atoms with Crippen LogP contribution in [0.25, 0.3) is 0 Å². The minimum Gasteiger partial charge on any atom is -0.477 e. The highest BCUT2D eigenvalue weighted by Gasteiger charge is 2.45. The molecule has 2 aliphatic heterocycles. The molecule has 2 unspecified atom stereocenters. The normalized spacial score (nSPS) is 27.3. The van der Waals surface area contributed by atoms with E-state index in [1.54, 1.807) is 6.92 Å². The minimum atomic E-state index is -4.19. The van der Waals surface area contributed by atoms with Crippen LogP contribution in [0.1, 0.15) is 54.6 Å². The second kappa shape index (κ2) is 6.11. The summed E-state index contributed by atoms with van der Waals surface area (Å²) in [6, 6.07) is 0.933. The Labute approximate surface area is 145 Å². The Balaban J connectivity index is 1.93. The van der Waals surface area contributed by atoms with Crippen molar-refractivity contribution in [3.8, 4) is 0 Å². The van der Waals surface area contributed by atoms with E-state index in [0.29, 0.717) is 22.4 Å². The second-order valence-electron chi connectivity index (χ2n) is 6.85. The molecule has 1 aromatic rings. The first-order valence-corrected chi connectivity index (χ1v) is 9.67. The quantitative estimate of drug-likeness (QED) is 0.669. The van der Waals surface area contributed by atoms with Crippen LogP contribution >= 0.6 is 0 Å². The van der Waals surface area contributed by atoms with Crippen molar-refractivity contribution in [2.24, 2.45) is 10.9 Å². The Kier molecular flexibility index (Phi) is 4.38. The van der Waals surface area contributed by atoms with E-state index in [-0.39, 0.29) is 29.6 Å². The highest BCUT2D eigenvalue weighted by atomic mass is 32.2. The van der Waals surface area contributed by atoms with Crippen molar-refractivity contribution in [3.05, 3.63) is 23.5 Å². The van der Waals surface area contributed by atoms with E-state index in [1.807, 2.05) is 4.90 Å². The standard InChI is InChI=1S/C15H22N4O5S/c1-8(16)14(20)19-10-2-3-11(19)7-9(6-10)12-4-5-18(25(17,23)24)13(12)15(21)22/h4-5,8-11H,2-3,6-7,16H2,1H3,(H,21,22)(H2,17,23,24)/t8-,9?,10?,11?/m0/s1. The minimum absolute atomic E-state index is 0.00160. The van der Waals surface area contributed by atoms with Gasteiger partial charge in [-0.15, -0.1) is 0 Å². The first-order chi connectivity index (χ1) is 11.6. The number of carboxylic acids is 1. The average Bonchev–Trinajstić information content (AvgIpc) is 3.06. The van der Waals surface area contributed by atoms with Gasteiger partial charge in [-0.3, -0.25) is 4.79 Å². The lowest BCUT2D eigenvalue weighted by atomic mass is 9.84. The lowest BCUT2D eigenvalue weighted by molar-refractivity contribution is -0.136. The molecule has 0 spiro atoms. The van der Waals surface area contributed by atoms with Gasteiger partial charge in [-0.25, -0.2) is 13.9 Å². The summed E-state index contributed by atoms with van der Waals surface area (Å²) in [6.07, 6.45) is 4.04. The van der Waals surface area contributed by atoms with Crippen molar-refractivity contribution in [2.75, 3.05) is 0 Å². The smallest absolute Gasteiger partial charge is 0.353 e. The fourth-order valence-electron chi connectivity index (χ4n) is 4.21. The number of amides is 1. The molecule has 138 valence electrons. The third-order valence-electron chi connectivity index (χ3n) is 5.18. The van der Waals surface area contributed by atoms with Gasteiger partial charge in [0.25, 0.3) is 0 Å². The van der Waals surface area contributed by atoms with E-state index in [2.05, 4.69) is 0 Å². The SMILES string of the molecule is C[C@H](N)C(=O)N1C2CCC1CC(c1ccn(S(N)(=O)=O)c1C(=O)O)C2. The Bertz CT molecular complexity index is 802. The number of rotatable bonds is 4. The molecule has 0 radical (unpaired) electrons. The Morgan fingerprint density at radius 3 is 2.28 bits per heavy atom. The molecule has 1 amide bonds. The molecule has 25 heavy (non-hydrogen) atoms. The highest BCUT2D eigenvalue weighted by molar-refractivity contribution is 7.87. The molecule has 2 fully saturated rings. The lowest BCUT2D eigenvalue weighted by Gasteiger charge is -2.40. The van der Waals surface area contributed by atoms with Crippen LogP contribution in [0.3, 0.4) is 0 Å². The van der Waals surface area contributed by atoms with E-state index in [1.165, 1.54) is 12.3 Å². The van der Waals surface area contributed by atoms with Crippen molar-refractivity contribution in [1.82, 2.24) is 8.87 Å². The maximum Gasteiger partial charge on any atom is 0.353 e. The number of carbonyl (C=O) groups excluding carboxylic acids is 1. The number of nitrogens with zero attached hydrogens (tertiary/aromatic N) is 2. The first-order valence-electron chi connectivity index (χ1n) is 8.16. The van der Waals surface area contributed by atoms with E-state index in [4.69, 9.17) is 10.9 Å². The monoisotopic (exact) mass is 370 g/mol. The van der Waals surface area contributed by atoms with Gasteiger partial charge in [0.1, 0.15) is 5.69 Å². The van der Waals surface area contributed by atoms with Crippen LogP contribution in [-0.2, 0) is 15.0 Å². The topological polar surface area (TPSA) is 149 Å². The number of hydrogen-bond donors (Lipinski definition) is 3. The summed E-state index contributed by atoms with van der Waals surface area (Å²) in [4.78, 5) is 25.8. The summed E-state index contributed by atoms with van der Waals surface area (Å²) < 4.78 is 23.8. The van der Waals surface area contributed by atoms with Gasteiger partial charge in [0.05, 0.1) is 6.04 Å². The van der Waals surface area contributed by atoms with Gasteiger partial charge in [0.2, 0.25) is 5.91 Å². The van der Waals surface area contributed by atoms with Crippen molar-refractivity contribution >= 4 is 22.1 Å². The number of hydrogen-bond acceptors (Lipinski definition) is 5. The van der Waals surface area contributed by atoms with Gasteiger partial charge in [0, 0.05) is 18.3 Å². The Morgan fingerprint density at radius 2 is 1.84 bits per heavy atom. The largest absolute Gasteiger partial charge is 0.477 e. The molecule has 10 heteroatoms. The molecule has 0 aliphatic carbocycles. The number of carbonyl (C=O) groups is 2. The maximum absolute atomic E-state index is 12.3. The molecule has 9 nitrogen and oxygen atoms in total. The van der Waals surface area contributed by atoms with Gasteiger partial charge >= 0.3 is 16.2 Å². The number of nitrogens with two attached hydrogens (primary N) is 2. The van der Waals surface area contributed by atoms with Crippen LogP contribution in [0.5, 0.6) is 0 Å². The molecule has 1 aromatic heterocycles. The maximum atomic E-state index is 12.3. The van der Waals surface area contributed by atoms with Gasteiger partial charge in [-0.2, -0.15) is 8.42 Å². The average molecular weight is 370 g/mol. The summed E-state index contributed by atoms with van der Waals surface area (Å²) in [5.74, 6) is -1.56. The summed E-state index contributed by atoms with van der Waals surface area (Å²) >= 11 is 0. The second-order valence-corrected chi connectivity index (χ2v) is 8.28. The van der Waals surface area contributed by atoms with Gasteiger partial charge in [-0.1, -0.05) is 0 Å². The van der Waals surface area contributed by atoms with E-state index in [0.717, 1.165) is 12.8 Å². The van der Waals surface area contributed by atoms with Crippen LogP contribution in [-0.4, -0.2) is 52.4 Å².